The van der Waals surface area contributed by atoms with Crippen LogP contribution in [0, 0.1) is 0 Å². The summed E-state index contributed by atoms with van der Waals surface area (Å²) in [5.41, 5.74) is 2.10. The summed E-state index contributed by atoms with van der Waals surface area (Å²) < 4.78 is 45.1. The van der Waals surface area contributed by atoms with Crippen LogP contribution in [0.2, 0.25) is 0 Å². The van der Waals surface area contributed by atoms with Gasteiger partial charge in [0.15, 0.2) is 11.5 Å². The first-order valence-electron chi connectivity index (χ1n) is 9.68. The number of benzene rings is 2. The van der Waals surface area contributed by atoms with Crippen LogP contribution in [0.25, 0.3) is 0 Å². The van der Waals surface area contributed by atoms with Gasteiger partial charge in [0.1, 0.15) is 5.75 Å². The molecule has 0 aliphatic carbocycles. The SMILES string of the molecule is CCOc1ccc(S(=O)(=O)N2CCc3cc4c(cc3[C@H]2C)OCCCO4)cc1. The lowest BCUT2D eigenvalue weighted by Crippen LogP contribution is -2.38. The average molecular weight is 404 g/mol. The minimum absolute atomic E-state index is 0.278. The second kappa shape index (κ2) is 7.64. The second-order valence-electron chi connectivity index (χ2n) is 6.99. The fourth-order valence-corrected chi connectivity index (χ4v) is 5.40. The van der Waals surface area contributed by atoms with E-state index >= 15 is 0 Å². The van der Waals surface area contributed by atoms with E-state index in [0.717, 1.165) is 23.3 Å². The van der Waals surface area contributed by atoms with Gasteiger partial charge in [-0.05, 0) is 67.8 Å². The summed E-state index contributed by atoms with van der Waals surface area (Å²) in [6.07, 6.45) is 1.49. The Morgan fingerprint density at radius 2 is 1.79 bits per heavy atom. The fourth-order valence-electron chi connectivity index (χ4n) is 3.79. The third kappa shape index (κ3) is 3.44. The number of fused-ring (bicyclic) bond motifs is 2. The van der Waals surface area contributed by atoms with Crippen molar-refractivity contribution >= 4 is 10.0 Å². The molecule has 1 atom stereocenters. The molecular formula is C21H25NO5S. The maximum atomic E-state index is 13.2. The number of sulfonamides is 1. The minimum Gasteiger partial charge on any atom is -0.494 e. The smallest absolute Gasteiger partial charge is 0.243 e. The molecule has 0 bridgehead atoms. The number of ether oxygens (including phenoxy) is 3. The van der Waals surface area contributed by atoms with Crippen LogP contribution in [0.1, 0.15) is 37.4 Å². The second-order valence-corrected chi connectivity index (χ2v) is 8.88. The molecule has 2 aliphatic rings. The molecule has 150 valence electrons. The molecule has 6 nitrogen and oxygen atoms in total. The first kappa shape index (κ1) is 19.1. The van der Waals surface area contributed by atoms with Gasteiger partial charge in [-0.2, -0.15) is 4.31 Å². The Kier molecular flexibility index (Phi) is 5.21. The van der Waals surface area contributed by atoms with Gasteiger partial charge < -0.3 is 14.2 Å². The normalized spacial score (nSPS) is 19.6. The zero-order valence-corrected chi connectivity index (χ0v) is 17.0. The highest BCUT2D eigenvalue weighted by atomic mass is 32.2. The van der Waals surface area contributed by atoms with Gasteiger partial charge in [-0.3, -0.25) is 0 Å². The van der Waals surface area contributed by atoms with E-state index < -0.39 is 10.0 Å². The largest absolute Gasteiger partial charge is 0.494 e. The highest BCUT2D eigenvalue weighted by Gasteiger charge is 2.35. The molecule has 0 spiro atoms. The molecule has 0 N–H and O–H groups in total. The third-order valence-electron chi connectivity index (χ3n) is 5.23. The highest BCUT2D eigenvalue weighted by molar-refractivity contribution is 7.89. The molecule has 4 rings (SSSR count). The molecule has 2 aromatic carbocycles. The molecule has 2 aromatic rings. The van der Waals surface area contributed by atoms with Gasteiger partial charge in [0.2, 0.25) is 10.0 Å². The van der Waals surface area contributed by atoms with Crippen molar-refractivity contribution in [2.75, 3.05) is 26.4 Å². The van der Waals surface area contributed by atoms with Crippen molar-refractivity contribution in [2.45, 2.75) is 37.6 Å². The Balaban J connectivity index is 1.64. The molecule has 0 aromatic heterocycles. The Labute approximate surface area is 166 Å². The minimum atomic E-state index is -3.61. The van der Waals surface area contributed by atoms with Crippen LogP contribution >= 0.6 is 0 Å². The zero-order valence-electron chi connectivity index (χ0n) is 16.2. The molecule has 0 fully saturated rings. The van der Waals surface area contributed by atoms with Crippen LogP contribution in [-0.2, 0) is 16.4 Å². The Bertz CT molecular complexity index is 956. The standard InChI is InChI=1S/C21H25NO5S/c1-3-25-17-5-7-18(8-6-17)28(23,24)22-10-9-16-13-20-21(14-19(16)15(22)2)27-12-4-11-26-20/h5-8,13-15H,3-4,9-12H2,1-2H3/t15-/m1/s1. The fraction of sp³-hybridized carbons (Fsp3) is 0.429. The van der Waals surface area contributed by atoms with Gasteiger partial charge in [0, 0.05) is 19.0 Å². The molecule has 0 saturated heterocycles. The van der Waals surface area contributed by atoms with Crippen LogP contribution in [0.4, 0.5) is 0 Å². The summed E-state index contributed by atoms with van der Waals surface area (Å²) >= 11 is 0. The van der Waals surface area contributed by atoms with E-state index in [1.807, 2.05) is 26.0 Å². The molecule has 2 heterocycles. The molecule has 0 amide bonds. The number of nitrogens with zero attached hydrogens (tertiary/aromatic N) is 1. The van der Waals surface area contributed by atoms with E-state index in [1.165, 1.54) is 0 Å². The summed E-state index contributed by atoms with van der Waals surface area (Å²) in [6.45, 7) is 6.04. The lowest BCUT2D eigenvalue weighted by molar-refractivity contribution is 0.296. The number of hydrogen-bond acceptors (Lipinski definition) is 5. The predicted molar refractivity (Wildman–Crippen MR) is 106 cm³/mol. The van der Waals surface area contributed by atoms with Crippen molar-refractivity contribution in [1.82, 2.24) is 4.31 Å². The zero-order chi connectivity index (χ0) is 19.7. The monoisotopic (exact) mass is 403 g/mol. The lowest BCUT2D eigenvalue weighted by atomic mass is 9.94. The summed E-state index contributed by atoms with van der Waals surface area (Å²) in [5.74, 6) is 2.12. The van der Waals surface area contributed by atoms with E-state index in [-0.39, 0.29) is 10.9 Å². The van der Waals surface area contributed by atoms with Gasteiger partial charge >= 0.3 is 0 Å². The summed E-state index contributed by atoms with van der Waals surface area (Å²) in [7, 11) is -3.61. The molecule has 0 unspecified atom stereocenters. The summed E-state index contributed by atoms with van der Waals surface area (Å²) in [5, 5.41) is 0. The summed E-state index contributed by atoms with van der Waals surface area (Å²) in [6, 6.07) is 10.3. The highest BCUT2D eigenvalue weighted by Crippen LogP contribution is 2.40. The quantitative estimate of drug-likeness (QED) is 0.781. The van der Waals surface area contributed by atoms with Crippen LogP contribution in [-0.4, -0.2) is 39.1 Å². The van der Waals surface area contributed by atoms with Gasteiger partial charge in [-0.15, -0.1) is 0 Å². The van der Waals surface area contributed by atoms with Crippen LogP contribution in [0.3, 0.4) is 0 Å². The number of hydrogen-bond donors (Lipinski definition) is 0. The van der Waals surface area contributed by atoms with E-state index in [9.17, 15) is 8.42 Å². The molecule has 0 saturated carbocycles. The Hall–Kier alpha value is -2.25. The molecule has 7 heteroatoms. The lowest BCUT2D eigenvalue weighted by Gasteiger charge is -2.34. The van der Waals surface area contributed by atoms with Crippen molar-refractivity contribution < 1.29 is 22.6 Å². The van der Waals surface area contributed by atoms with Crippen LogP contribution < -0.4 is 14.2 Å². The average Bonchev–Trinajstić information content (AvgIpc) is 2.92. The molecular weight excluding hydrogens is 378 g/mol. The topological polar surface area (TPSA) is 65.1 Å². The van der Waals surface area contributed by atoms with E-state index in [1.54, 1.807) is 28.6 Å². The third-order valence-corrected chi connectivity index (χ3v) is 7.22. The Morgan fingerprint density at radius 3 is 2.46 bits per heavy atom. The van der Waals surface area contributed by atoms with Crippen molar-refractivity contribution in [3.8, 4) is 17.2 Å². The summed E-state index contributed by atoms with van der Waals surface area (Å²) in [4.78, 5) is 0.278. The Morgan fingerprint density at radius 1 is 1.11 bits per heavy atom. The van der Waals surface area contributed by atoms with E-state index in [0.29, 0.717) is 44.3 Å². The van der Waals surface area contributed by atoms with Gasteiger partial charge in [-0.25, -0.2) is 8.42 Å². The van der Waals surface area contributed by atoms with Crippen molar-refractivity contribution in [3.05, 3.63) is 47.5 Å². The maximum absolute atomic E-state index is 13.2. The van der Waals surface area contributed by atoms with Crippen LogP contribution in [0.5, 0.6) is 17.2 Å². The molecule has 28 heavy (non-hydrogen) atoms. The van der Waals surface area contributed by atoms with Crippen LogP contribution in [0.15, 0.2) is 41.3 Å². The van der Waals surface area contributed by atoms with Gasteiger partial charge in [0.25, 0.3) is 0 Å². The molecule has 0 radical (unpaired) electrons. The van der Waals surface area contributed by atoms with Crippen molar-refractivity contribution in [2.24, 2.45) is 0 Å². The first-order chi connectivity index (χ1) is 13.5. The first-order valence-corrected chi connectivity index (χ1v) is 11.1. The van der Waals surface area contributed by atoms with Gasteiger partial charge in [0.05, 0.1) is 24.7 Å². The van der Waals surface area contributed by atoms with Crippen molar-refractivity contribution in [1.29, 1.82) is 0 Å². The number of rotatable bonds is 4. The molecule has 2 aliphatic heterocycles. The van der Waals surface area contributed by atoms with Gasteiger partial charge in [-0.1, -0.05) is 0 Å². The predicted octanol–water partition coefficient (Wildman–Crippen LogP) is 3.55. The maximum Gasteiger partial charge on any atom is 0.243 e. The van der Waals surface area contributed by atoms with Crippen molar-refractivity contribution in [3.63, 3.8) is 0 Å². The van der Waals surface area contributed by atoms with E-state index in [4.69, 9.17) is 14.2 Å². The van der Waals surface area contributed by atoms with E-state index in [2.05, 4.69) is 0 Å².